The number of para-hydroxylation sites is 1. The summed E-state index contributed by atoms with van der Waals surface area (Å²) in [5.41, 5.74) is 3.13. The molecular weight excluding hydrogens is 263 g/mol. The topological polar surface area (TPSA) is 24.9 Å². The number of hydrogen-bond acceptors (Lipinski definition) is 2. The molecule has 0 aliphatic heterocycles. The van der Waals surface area contributed by atoms with Gasteiger partial charge in [0, 0.05) is 11.9 Å². The van der Waals surface area contributed by atoms with E-state index in [9.17, 15) is 4.39 Å². The zero-order valence-electron chi connectivity index (χ0n) is 11.9. The highest BCUT2D eigenvalue weighted by Gasteiger charge is 2.01. The molecule has 0 aliphatic rings. The maximum atomic E-state index is 13.1. The van der Waals surface area contributed by atoms with E-state index in [4.69, 9.17) is 0 Å². The molecule has 0 saturated heterocycles. The molecule has 1 N–H and O–H groups in total. The highest BCUT2D eigenvalue weighted by molar-refractivity contribution is 5.80. The zero-order valence-corrected chi connectivity index (χ0v) is 11.9. The molecular formula is C18H17FN2. The molecule has 3 aromatic rings. The standard InChI is InChI=1S/C18H17FN2/c1-13-12-16(19)8-6-14(13)10-11-20-18-9-7-15-4-2-3-5-17(15)21-18/h2-9,12H,10-11H2,1H3,(H,20,21). The molecule has 1 heterocycles. The summed E-state index contributed by atoms with van der Waals surface area (Å²) in [5.74, 6) is 0.689. The largest absolute Gasteiger partial charge is 0.370 e. The minimum atomic E-state index is -0.180. The van der Waals surface area contributed by atoms with E-state index in [2.05, 4.69) is 16.4 Å². The van der Waals surface area contributed by atoms with Gasteiger partial charge in [0.25, 0.3) is 0 Å². The van der Waals surface area contributed by atoms with Crippen LogP contribution in [0.25, 0.3) is 10.9 Å². The third-order valence-electron chi connectivity index (χ3n) is 3.60. The third-order valence-corrected chi connectivity index (χ3v) is 3.60. The first kappa shape index (κ1) is 13.6. The van der Waals surface area contributed by atoms with Crippen LogP contribution in [0.15, 0.2) is 54.6 Å². The Morgan fingerprint density at radius 2 is 1.90 bits per heavy atom. The summed E-state index contributed by atoms with van der Waals surface area (Å²) >= 11 is 0. The Labute approximate surface area is 123 Å². The third kappa shape index (κ3) is 3.19. The number of fused-ring (bicyclic) bond motifs is 1. The molecule has 2 aromatic carbocycles. The SMILES string of the molecule is Cc1cc(F)ccc1CCNc1ccc2ccccc2n1. The van der Waals surface area contributed by atoms with Crippen molar-refractivity contribution in [3.05, 3.63) is 71.5 Å². The Bertz CT molecular complexity index is 768. The number of benzene rings is 2. The molecule has 0 fully saturated rings. The molecule has 1 aromatic heterocycles. The van der Waals surface area contributed by atoms with Gasteiger partial charge in [0.05, 0.1) is 5.52 Å². The average Bonchev–Trinajstić information content (AvgIpc) is 2.49. The molecule has 0 atom stereocenters. The van der Waals surface area contributed by atoms with Gasteiger partial charge in [0.15, 0.2) is 0 Å². The predicted octanol–water partition coefficient (Wildman–Crippen LogP) is 4.34. The van der Waals surface area contributed by atoms with Crippen LogP contribution in [0.2, 0.25) is 0 Å². The first-order chi connectivity index (χ1) is 10.2. The average molecular weight is 280 g/mol. The summed E-state index contributed by atoms with van der Waals surface area (Å²) in [7, 11) is 0. The first-order valence-electron chi connectivity index (χ1n) is 7.07. The van der Waals surface area contributed by atoms with Gasteiger partial charge in [-0.3, -0.25) is 0 Å². The van der Waals surface area contributed by atoms with Crippen LogP contribution in [0.5, 0.6) is 0 Å². The molecule has 3 rings (SSSR count). The molecule has 3 heteroatoms. The summed E-state index contributed by atoms with van der Waals surface area (Å²) < 4.78 is 13.1. The van der Waals surface area contributed by atoms with Gasteiger partial charge in [0.1, 0.15) is 11.6 Å². The number of halogens is 1. The smallest absolute Gasteiger partial charge is 0.126 e. The summed E-state index contributed by atoms with van der Waals surface area (Å²) in [6, 6.07) is 17.0. The van der Waals surface area contributed by atoms with Crippen LogP contribution in [-0.4, -0.2) is 11.5 Å². The molecule has 0 radical (unpaired) electrons. The fourth-order valence-corrected chi connectivity index (χ4v) is 2.43. The monoisotopic (exact) mass is 280 g/mol. The lowest BCUT2D eigenvalue weighted by molar-refractivity contribution is 0.625. The van der Waals surface area contributed by atoms with Crippen LogP contribution < -0.4 is 5.32 Å². The van der Waals surface area contributed by atoms with Gasteiger partial charge in [0.2, 0.25) is 0 Å². The van der Waals surface area contributed by atoms with Crippen LogP contribution >= 0.6 is 0 Å². The van der Waals surface area contributed by atoms with E-state index < -0.39 is 0 Å². The number of nitrogens with one attached hydrogen (secondary N) is 1. The van der Waals surface area contributed by atoms with E-state index in [-0.39, 0.29) is 5.82 Å². The van der Waals surface area contributed by atoms with Gasteiger partial charge in [-0.2, -0.15) is 0 Å². The van der Waals surface area contributed by atoms with E-state index in [1.54, 1.807) is 6.07 Å². The molecule has 0 saturated carbocycles. The fourth-order valence-electron chi connectivity index (χ4n) is 2.43. The van der Waals surface area contributed by atoms with E-state index in [1.165, 1.54) is 6.07 Å². The fraction of sp³-hybridized carbons (Fsp3) is 0.167. The highest BCUT2D eigenvalue weighted by Crippen LogP contribution is 2.15. The van der Waals surface area contributed by atoms with Crippen LogP contribution in [0.4, 0.5) is 10.2 Å². The lowest BCUT2D eigenvalue weighted by Crippen LogP contribution is -2.07. The second-order valence-corrected chi connectivity index (χ2v) is 5.14. The van der Waals surface area contributed by atoms with Crippen LogP contribution in [0, 0.1) is 12.7 Å². The number of anilines is 1. The zero-order chi connectivity index (χ0) is 14.7. The Hall–Kier alpha value is -2.42. The minimum Gasteiger partial charge on any atom is -0.370 e. The number of nitrogens with zero attached hydrogens (tertiary/aromatic N) is 1. The van der Waals surface area contributed by atoms with Crippen molar-refractivity contribution in [3.8, 4) is 0 Å². The van der Waals surface area contributed by atoms with Crippen molar-refractivity contribution in [1.82, 2.24) is 4.98 Å². The van der Waals surface area contributed by atoms with Crippen molar-refractivity contribution >= 4 is 16.7 Å². The normalized spacial score (nSPS) is 10.8. The number of pyridine rings is 1. The maximum Gasteiger partial charge on any atom is 0.126 e. The van der Waals surface area contributed by atoms with Crippen molar-refractivity contribution in [3.63, 3.8) is 0 Å². The van der Waals surface area contributed by atoms with Crippen molar-refractivity contribution in [2.75, 3.05) is 11.9 Å². The van der Waals surface area contributed by atoms with Crippen molar-refractivity contribution in [1.29, 1.82) is 0 Å². The lowest BCUT2D eigenvalue weighted by atomic mass is 10.1. The molecule has 0 aliphatic carbocycles. The van der Waals surface area contributed by atoms with Crippen molar-refractivity contribution < 1.29 is 4.39 Å². The van der Waals surface area contributed by atoms with Crippen molar-refractivity contribution in [2.45, 2.75) is 13.3 Å². The molecule has 2 nitrogen and oxygen atoms in total. The van der Waals surface area contributed by atoms with Gasteiger partial charge < -0.3 is 5.32 Å². The number of aromatic nitrogens is 1. The Morgan fingerprint density at radius 3 is 2.76 bits per heavy atom. The molecule has 0 spiro atoms. The molecule has 0 bridgehead atoms. The van der Waals surface area contributed by atoms with Crippen molar-refractivity contribution in [2.24, 2.45) is 0 Å². The predicted molar refractivity (Wildman–Crippen MR) is 85.1 cm³/mol. The summed E-state index contributed by atoms with van der Waals surface area (Å²) in [6.07, 6.45) is 0.848. The quantitative estimate of drug-likeness (QED) is 0.769. The first-order valence-corrected chi connectivity index (χ1v) is 7.07. The summed E-state index contributed by atoms with van der Waals surface area (Å²) in [6.45, 7) is 2.71. The number of hydrogen-bond donors (Lipinski definition) is 1. The van der Waals surface area contributed by atoms with Gasteiger partial charge >= 0.3 is 0 Å². The second kappa shape index (κ2) is 5.92. The van der Waals surface area contributed by atoms with E-state index >= 15 is 0 Å². The highest BCUT2D eigenvalue weighted by atomic mass is 19.1. The molecule has 21 heavy (non-hydrogen) atoms. The second-order valence-electron chi connectivity index (χ2n) is 5.14. The molecule has 0 amide bonds. The van der Waals surface area contributed by atoms with Crippen LogP contribution in [0.1, 0.15) is 11.1 Å². The summed E-state index contributed by atoms with van der Waals surface area (Å²) in [4.78, 5) is 4.57. The van der Waals surface area contributed by atoms with Gasteiger partial charge in [-0.25, -0.2) is 9.37 Å². The lowest BCUT2D eigenvalue weighted by Gasteiger charge is -2.09. The van der Waals surface area contributed by atoms with Gasteiger partial charge in [-0.05, 0) is 54.8 Å². The molecule has 0 unspecified atom stereocenters. The molecule has 106 valence electrons. The van der Waals surface area contributed by atoms with E-state index in [0.29, 0.717) is 0 Å². The van der Waals surface area contributed by atoms with Crippen LogP contribution in [0.3, 0.4) is 0 Å². The number of aryl methyl sites for hydroxylation is 1. The number of rotatable bonds is 4. The Balaban J connectivity index is 1.66. The minimum absolute atomic E-state index is 0.180. The van der Waals surface area contributed by atoms with Gasteiger partial charge in [-0.1, -0.05) is 24.3 Å². The summed E-state index contributed by atoms with van der Waals surface area (Å²) in [5, 5.41) is 4.46. The van der Waals surface area contributed by atoms with Gasteiger partial charge in [-0.15, -0.1) is 0 Å². The Kier molecular flexibility index (Phi) is 3.82. The van der Waals surface area contributed by atoms with E-state index in [1.807, 2.05) is 43.3 Å². The maximum absolute atomic E-state index is 13.1. The van der Waals surface area contributed by atoms with E-state index in [0.717, 1.165) is 40.8 Å². The Morgan fingerprint density at radius 1 is 1.05 bits per heavy atom. The van der Waals surface area contributed by atoms with Crippen LogP contribution in [-0.2, 0) is 6.42 Å².